The number of hydrogen-bond donors (Lipinski definition) is 1. The number of carbonyl (C=O) groups is 1. The number of hydrogen-bond acceptors (Lipinski definition) is 4. The topological polar surface area (TPSA) is 79.3 Å². The summed E-state index contributed by atoms with van der Waals surface area (Å²) in [6, 6.07) is 9.83. The molecule has 0 fully saturated rings. The van der Waals surface area contributed by atoms with Crippen LogP contribution in [0.25, 0.3) is 0 Å². The smallest absolute Gasteiger partial charge is 0.235 e. The van der Waals surface area contributed by atoms with Crippen molar-refractivity contribution in [2.24, 2.45) is 11.7 Å². The Kier molecular flexibility index (Phi) is 8.44. The fourth-order valence-electron chi connectivity index (χ4n) is 3.41. The molecule has 0 bridgehead atoms. The summed E-state index contributed by atoms with van der Waals surface area (Å²) >= 11 is 0. The molecule has 0 saturated heterocycles. The summed E-state index contributed by atoms with van der Waals surface area (Å²) in [5.41, 5.74) is 5.88. The van der Waals surface area contributed by atoms with E-state index in [2.05, 4.69) is 24.8 Å². The predicted octanol–water partition coefficient (Wildman–Crippen LogP) is 3.09. The SMILES string of the molecule is CCN(CC)CCOc1ccc(C(CC)(CC)C(C#N)C(N)=O)cc1. The Morgan fingerprint density at radius 2 is 1.76 bits per heavy atom. The van der Waals surface area contributed by atoms with Crippen LogP contribution in [0.3, 0.4) is 0 Å². The van der Waals surface area contributed by atoms with Crippen molar-refractivity contribution in [1.29, 1.82) is 5.26 Å². The number of rotatable bonds is 11. The summed E-state index contributed by atoms with van der Waals surface area (Å²) in [5.74, 6) is -0.604. The number of nitrogens with zero attached hydrogens (tertiary/aromatic N) is 2. The van der Waals surface area contributed by atoms with Gasteiger partial charge in [-0.05, 0) is 43.6 Å². The number of nitriles is 1. The van der Waals surface area contributed by atoms with E-state index < -0.39 is 17.2 Å². The first kappa shape index (κ1) is 21.0. The quantitative estimate of drug-likeness (QED) is 0.668. The van der Waals surface area contributed by atoms with Crippen LogP contribution in [0.4, 0.5) is 0 Å². The molecule has 0 aliphatic rings. The van der Waals surface area contributed by atoms with Crippen molar-refractivity contribution >= 4 is 5.91 Å². The van der Waals surface area contributed by atoms with Crippen LogP contribution in [-0.4, -0.2) is 37.0 Å². The first-order valence-electron chi connectivity index (χ1n) is 9.13. The number of primary amides is 1. The number of benzene rings is 1. The standard InChI is InChI=1S/C20H31N3O2/c1-5-20(6-2,18(15-21)19(22)24)16-9-11-17(12-10-16)25-14-13-23(7-3)8-4/h9-12,18H,5-8,13-14H2,1-4H3,(H2,22,24). The highest BCUT2D eigenvalue weighted by molar-refractivity contribution is 5.81. The van der Waals surface area contributed by atoms with Crippen molar-refractivity contribution in [3.05, 3.63) is 29.8 Å². The lowest BCUT2D eigenvalue weighted by Gasteiger charge is -2.35. The molecule has 0 heterocycles. The molecule has 1 atom stereocenters. The maximum absolute atomic E-state index is 11.8. The average Bonchev–Trinajstić information content (AvgIpc) is 2.63. The molecular weight excluding hydrogens is 314 g/mol. The Morgan fingerprint density at radius 3 is 2.16 bits per heavy atom. The molecule has 0 spiro atoms. The van der Waals surface area contributed by atoms with Crippen LogP contribution in [0.5, 0.6) is 5.75 Å². The lowest BCUT2D eigenvalue weighted by molar-refractivity contribution is -0.122. The van der Waals surface area contributed by atoms with Gasteiger partial charge in [0.25, 0.3) is 0 Å². The van der Waals surface area contributed by atoms with Crippen LogP contribution in [0.1, 0.15) is 46.1 Å². The van der Waals surface area contributed by atoms with E-state index in [4.69, 9.17) is 10.5 Å². The monoisotopic (exact) mass is 345 g/mol. The van der Waals surface area contributed by atoms with Gasteiger partial charge in [-0.15, -0.1) is 0 Å². The highest BCUT2D eigenvalue weighted by atomic mass is 16.5. The van der Waals surface area contributed by atoms with Gasteiger partial charge in [-0.1, -0.05) is 39.8 Å². The van der Waals surface area contributed by atoms with Crippen molar-refractivity contribution in [2.75, 3.05) is 26.2 Å². The van der Waals surface area contributed by atoms with Gasteiger partial charge in [0.1, 0.15) is 18.3 Å². The molecule has 0 saturated carbocycles. The summed E-state index contributed by atoms with van der Waals surface area (Å²) in [6.45, 7) is 11.8. The highest BCUT2D eigenvalue weighted by Gasteiger charge is 2.41. The van der Waals surface area contributed by atoms with Crippen molar-refractivity contribution in [3.8, 4) is 11.8 Å². The van der Waals surface area contributed by atoms with Gasteiger partial charge >= 0.3 is 0 Å². The second kappa shape index (κ2) is 10.0. The number of carbonyl (C=O) groups excluding carboxylic acids is 1. The van der Waals surface area contributed by atoms with Crippen LogP contribution in [-0.2, 0) is 10.2 Å². The molecule has 2 N–H and O–H groups in total. The van der Waals surface area contributed by atoms with E-state index in [-0.39, 0.29) is 0 Å². The van der Waals surface area contributed by atoms with E-state index in [0.29, 0.717) is 19.4 Å². The Hall–Kier alpha value is -2.06. The lowest BCUT2D eigenvalue weighted by Crippen LogP contribution is -2.41. The third-order valence-corrected chi connectivity index (χ3v) is 5.23. The number of ether oxygens (including phenoxy) is 1. The van der Waals surface area contributed by atoms with Crippen LogP contribution < -0.4 is 10.5 Å². The Morgan fingerprint density at radius 1 is 1.20 bits per heavy atom. The summed E-state index contributed by atoms with van der Waals surface area (Å²) in [7, 11) is 0. The van der Waals surface area contributed by atoms with Gasteiger partial charge in [0.05, 0.1) is 6.07 Å². The van der Waals surface area contributed by atoms with Gasteiger partial charge in [-0.3, -0.25) is 4.79 Å². The average molecular weight is 345 g/mol. The maximum atomic E-state index is 11.8. The second-order valence-corrected chi connectivity index (χ2v) is 6.23. The Balaban J connectivity index is 2.91. The second-order valence-electron chi connectivity index (χ2n) is 6.23. The molecular formula is C20H31N3O2. The van der Waals surface area contributed by atoms with E-state index in [1.54, 1.807) is 0 Å². The third-order valence-electron chi connectivity index (χ3n) is 5.23. The Labute approximate surface area is 151 Å². The molecule has 1 aromatic carbocycles. The lowest BCUT2D eigenvalue weighted by atomic mass is 9.67. The Bertz CT molecular complexity index is 570. The minimum absolute atomic E-state index is 0.555. The van der Waals surface area contributed by atoms with E-state index in [1.165, 1.54) is 0 Å². The molecule has 138 valence electrons. The minimum atomic E-state index is -0.836. The van der Waals surface area contributed by atoms with Crippen molar-refractivity contribution in [2.45, 2.75) is 46.0 Å². The molecule has 0 aliphatic heterocycles. The molecule has 1 amide bonds. The van der Waals surface area contributed by atoms with Gasteiger partial charge in [0, 0.05) is 12.0 Å². The summed E-state index contributed by atoms with van der Waals surface area (Å²) in [5, 5.41) is 9.44. The van der Waals surface area contributed by atoms with E-state index in [1.807, 2.05) is 38.1 Å². The molecule has 5 nitrogen and oxygen atoms in total. The molecule has 5 heteroatoms. The van der Waals surface area contributed by atoms with Gasteiger partial charge in [-0.2, -0.15) is 5.26 Å². The zero-order valence-corrected chi connectivity index (χ0v) is 15.9. The molecule has 1 aromatic rings. The van der Waals surface area contributed by atoms with Gasteiger partial charge < -0.3 is 15.4 Å². The van der Waals surface area contributed by atoms with Gasteiger partial charge in [-0.25, -0.2) is 0 Å². The number of nitrogens with two attached hydrogens (primary N) is 1. The largest absolute Gasteiger partial charge is 0.492 e. The van der Waals surface area contributed by atoms with Crippen molar-refractivity contribution < 1.29 is 9.53 Å². The van der Waals surface area contributed by atoms with Gasteiger partial charge in [0.15, 0.2) is 0 Å². The molecule has 0 radical (unpaired) electrons. The molecule has 25 heavy (non-hydrogen) atoms. The van der Waals surface area contributed by atoms with Crippen LogP contribution in [0.2, 0.25) is 0 Å². The first-order chi connectivity index (χ1) is 12.0. The molecule has 1 rings (SSSR count). The minimum Gasteiger partial charge on any atom is -0.492 e. The fraction of sp³-hybridized carbons (Fsp3) is 0.600. The zero-order chi connectivity index (χ0) is 18.9. The number of amides is 1. The van der Waals surface area contributed by atoms with E-state index in [9.17, 15) is 10.1 Å². The van der Waals surface area contributed by atoms with Crippen LogP contribution in [0, 0.1) is 17.2 Å². The van der Waals surface area contributed by atoms with E-state index >= 15 is 0 Å². The predicted molar refractivity (Wildman–Crippen MR) is 100 cm³/mol. The normalized spacial score (nSPS) is 12.6. The molecule has 1 unspecified atom stereocenters. The summed E-state index contributed by atoms with van der Waals surface area (Å²) in [4.78, 5) is 14.1. The third kappa shape index (κ3) is 4.96. The summed E-state index contributed by atoms with van der Waals surface area (Å²) < 4.78 is 5.81. The molecule has 0 aliphatic carbocycles. The van der Waals surface area contributed by atoms with Crippen molar-refractivity contribution in [1.82, 2.24) is 4.90 Å². The first-order valence-corrected chi connectivity index (χ1v) is 9.13. The van der Waals surface area contributed by atoms with Crippen LogP contribution in [0.15, 0.2) is 24.3 Å². The van der Waals surface area contributed by atoms with Crippen LogP contribution >= 0.6 is 0 Å². The number of likely N-dealkylation sites (N-methyl/N-ethyl adjacent to an activating group) is 1. The van der Waals surface area contributed by atoms with Crippen molar-refractivity contribution in [3.63, 3.8) is 0 Å². The zero-order valence-electron chi connectivity index (χ0n) is 15.9. The van der Waals surface area contributed by atoms with E-state index in [0.717, 1.165) is 30.9 Å². The summed E-state index contributed by atoms with van der Waals surface area (Å²) in [6.07, 6.45) is 1.35. The molecule has 0 aromatic heterocycles. The maximum Gasteiger partial charge on any atom is 0.235 e. The highest BCUT2D eigenvalue weighted by Crippen LogP contribution is 2.39. The van der Waals surface area contributed by atoms with Gasteiger partial charge in [0.2, 0.25) is 5.91 Å². The fourth-order valence-corrected chi connectivity index (χ4v) is 3.41.